The minimum absolute atomic E-state index is 0.00793. The van der Waals surface area contributed by atoms with Gasteiger partial charge in [-0.15, -0.1) is 0 Å². The predicted molar refractivity (Wildman–Crippen MR) is 131 cm³/mol. The van der Waals surface area contributed by atoms with E-state index in [2.05, 4.69) is 33.1 Å². The molecule has 1 saturated heterocycles. The lowest BCUT2D eigenvalue weighted by molar-refractivity contribution is 0.227. The summed E-state index contributed by atoms with van der Waals surface area (Å²) in [5, 5.41) is 4.97. The van der Waals surface area contributed by atoms with Crippen molar-refractivity contribution in [3.05, 3.63) is 84.6 Å². The fourth-order valence-electron chi connectivity index (χ4n) is 4.48. The van der Waals surface area contributed by atoms with Gasteiger partial charge in [-0.1, -0.05) is 13.2 Å². The molecule has 3 heterocycles. The van der Waals surface area contributed by atoms with Crippen LogP contribution in [0.25, 0.3) is 22.3 Å². The molecular weight excluding hydrogens is 507 g/mol. The van der Waals surface area contributed by atoms with Crippen LogP contribution < -0.4 is 10.5 Å². The van der Waals surface area contributed by atoms with Crippen LogP contribution in [0.15, 0.2) is 55.5 Å². The van der Waals surface area contributed by atoms with Gasteiger partial charge in [-0.3, -0.25) is 0 Å². The third-order valence-corrected chi connectivity index (χ3v) is 6.46. The monoisotopic (exact) mass is 528 g/mol. The van der Waals surface area contributed by atoms with Crippen LogP contribution in [0.5, 0.6) is 11.5 Å². The SMILES string of the molecule is C=CC(=C)N1CCC(n2nc(-c3ccc(Oc4c(F)c(F)cc(F)c4F)cc3F)c3c(N)ncnc32)CC1. The Morgan fingerprint density at radius 2 is 1.68 bits per heavy atom. The molecule has 0 saturated carbocycles. The Bertz CT molecular complexity index is 1550. The summed E-state index contributed by atoms with van der Waals surface area (Å²) >= 11 is 0. The maximum Gasteiger partial charge on any atom is 0.204 e. The van der Waals surface area contributed by atoms with Gasteiger partial charge in [-0.2, -0.15) is 13.9 Å². The molecule has 12 heteroatoms. The molecule has 0 unspecified atom stereocenters. The standard InChI is InChI=1S/C26H21F5N6O/c1-3-13(2)36-8-6-14(7-9-36)37-26-20(25(32)33-12-34-26)23(35-37)16-5-4-15(10-17(16)27)38-24-21(30)18(28)11-19(29)22(24)31/h3-5,10-12,14H,1-2,6-9H2,(H2,32,33,34). The molecule has 196 valence electrons. The highest BCUT2D eigenvalue weighted by Gasteiger charge is 2.27. The third-order valence-electron chi connectivity index (χ3n) is 6.46. The van der Waals surface area contributed by atoms with E-state index in [0.717, 1.165) is 11.8 Å². The van der Waals surface area contributed by atoms with Gasteiger partial charge < -0.3 is 15.4 Å². The Morgan fingerprint density at radius 1 is 1.00 bits per heavy atom. The van der Waals surface area contributed by atoms with Gasteiger partial charge in [0, 0.05) is 36.5 Å². The second kappa shape index (κ2) is 9.77. The minimum atomic E-state index is -1.74. The van der Waals surface area contributed by atoms with Gasteiger partial charge in [-0.05, 0) is 31.1 Å². The van der Waals surface area contributed by atoms with Gasteiger partial charge in [0.2, 0.25) is 17.4 Å². The minimum Gasteiger partial charge on any atom is -0.451 e. The first-order chi connectivity index (χ1) is 18.2. The van der Waals surface area contributed by atoms with Gasteiger partial charge in [0.1, 0.15) is 29.4 Å². The smallest absolute Gasteiger partial charge is 0.204 e. The molecule has 0 spiro atoms. The molecule has 7 nitrogen and oxygen atoms in total. The average Bonchev–Trinajstić information content (AvgIpc) is 3.30. The quantitative estimate of drug-likeness (QED) is 0.191. The van der Waals surface area contributed by atoms with Crippen molar-refractivity contribution >= 4 is 16.9 Å². The fourth-order valence-corrected chi connectivity index (χ4v) is 4.48. The molecule has 2 N–H and O–H groups in total. The van der Waals surface area contributed by atoms with Crippen LogP contribution in [0, 0.1) is 29.1 Å². The molecule has 0 bridgehead atoms. The molecule has 38 heavy (non-hydrogen) atoms. The molecular formula is C26H21F5N6O. The number of nitrogens with zero attached hydrogens (tertiary/aromatic N) is 5. The Hall–Kier alpha value is -4.48. The van der Waals surface area contributed by atoms with E-state index in [0.29, 0.717) is 37.0 Å². The molecule has 0 aliphatic carbocycles. The molecule has 1 fully saturated rings. The number of nitrogens with two attached hydrogens (primary N) is 1. The number of allylic oxidation sites excluding steroid dienone is 1. The Kier molecular flexibility index (Phi) is 6.47. The van der Waals surface area contributed by atoms with Gasteiger partial charge >= 0.3 is 0 Å². The van der Waals surface area contributed by atoms with E-state index in [1.54, 1.807) is 10.8 Å². The van der Waals surface area contributed by atoms with Crippen molar-refractivity contribution in [2.24, 2.45) is 0 Å². The Morgan fingerprint density at radius 3 is 2.32 bits per heavy atom. The number of piperidine rings is 1. The number of rotatable bonds is 6. The van der Waals surface area contributed by atoms with Crippen LogP contribution in [0.3, 0.4) is 0 Å². The van der Waals surface area contributed by atoms with E-state index >= 15 is 4.39 Å². The molecule has 0 radical (unpaired) electrons. The normalized spacial score (nSPS) is 14.2. The lowest BCUT2D eigenvalue weighted by Gasteiger charge is -2.33. The maximum atomic E-state index is 15.3. The van der Waals surface area contributed by atoms with E-state index in [-0.39, 0.29) is 29.2 Å². The summed E-state index contributed by atoms with van der Waals surface area (Å²) in [6.07, 6.45) is 4.41. The van der Waals surface area contributed by atoms with Crippen LogP contribution in [0.1, 0.15) is 18.9 Å². The summed E-state index contributed by atoms with van der Waals surface area (Å²) in [7, 11) is 0. The summed E-state index contributed by atoms with van der Waals surface area (Å²) in [6, 6.07) is 3.25. The molecule has 1 aliphatic heterocycles. The summed E-state index contributed by atoms with van der Waals surface area (Å²) in [4.78, 5) is 10.5. The molecule has 0 amide bonds. The van der Waals surface area contributed by atoms with Crippen molar-refractivity contribution in [3.8, 4) is 22.8 Å². The van der Waals surface area contributed by atoms with Crippen molar-refractivity contribution in [3.63, 3.8) is 0 Å². The van der Waals surface area contributed by atoms with Crippen molar-refractivity contribution in [1.82, 2.24) is 24.6 Å². The van der Waals surface area contributed by atoms with E-state index in [9.17, 15) is 17.6 Å². The second-order valence-corrected chi connectivity index (χ2v) is 8.71. The number of likely N-dealkylation sites (tertiary alicyclic amines) is 1. The average molecular weight is 528 g/mol. The van der Waals surface area contributed by atoms with Crippen LogP contribution in [-0.4, -0.2) is 37.7 Å². The third kappa shape index (κ3) is 4.31. The molecule has 1 aliphatic rings. The number of halogens is 5. The number of anilines is 1. The van der Waals surface area contributed by atoms with E-state index in [4.69, 9.17) is 10.5 Å². The summed E-state index contributed by atoms with van der Waals surface area (Å²) in [6.45, 7) is 9.15. The van der Waals surface area contributed by atoms with E-state index in [1.165, 1.54) is 18.5 Å². The first-order valence-corrected chi connectivity index (χ1v) is 11.5. The second-order valence-electron chi connectivity index (χ2n) is 8.71. The lowest BCUT2D eigenvalue weighted by Crippen LogP contribution is -2.33. The molecule has 2 aromatic carbocycles. The van der Waals surface area contributed by atoms with Crippen LogP contribution in [0.2, 0.25) is 0 Å². The zero-order valence-corrected chi connectivity index (χ0v) is 19.9. The number of benzene rings is 2. The zero-order chi connectivity index (χ0) is 27.1. The molecule has 5 rings (SSSR count). The highest BCUT2D eigenvalue weighted by Crippen LogP contribution is 2.38. The predicted octanol–water partition coefficient (Wildman–Crippen LogP) is 5.90. The van der Waals surface area contributed by atoms with Gasteiger partial charge in [-0.25, -0.2) is 27.8 Å². The largest absolute Gasteiger partial charge is 0.451 e. The highest BCUT2D eigenvalue weighted by atomic mass is 19.2. The van der Waals surface area contributed by atoms with Gasteiger partial charge in [0.05, 0.1) is 11.4 Å². The lowest BCUT2D eigenvalue weighted by atomic mass is 10.0. The van der Waals surface area contributed by atoms with E-state index in [1.807, 2.05) is 0 Å². The number of fused-ring (bicyclic) bond motifs is 1. The first-order valence-electron chi connectivity index (χ1n) is 11.5. The summed E-state index contributed by atoms with van der Waals surface area (Å²) < 4.78 is 77.0. The number of ether oxygens (including phenoxy) is 1. The molecule has 2 aromatic heterocycles. The van der Waals surface area contributed by atoms with Crippen LogP contribution in [0.4, 0.5) is 27.8 Å². The summed E-state index contributed by atoms with van der Waals surface area (Å²) in [5.41, 5.74) is 7.53. The van der Waals surface area contributed by atoms with Crippen LogP contribution in [-0.2, 0) is 0 Å². The van der Waals surface area contributed by atoms with Crippen LogP contribution >= 0.6 is 0 Å². The van der Waals surface area contributed by atoms with Crippen molar-refractivity contribution in [2.45, 2.75) is 18.9 Å². The topological polar surface area (TPSA) is 82.1 Å². The maximum absolute atomic E-state index is 15.3. The molecule has 0 atom stereocenters. The van der Waals surface area contributed by atoms with Crippen molar-refractivity contribution < 1.29 is 26.7 Å². The number of nitrogen functional groups attached to an aromatic ring is 1. The number of hydrogen-bond acceptors (Lipinski definition) is 6. The Balaban J connectivity index is 1.51. The zero-order valence-electron chi connectivity index (χ0n) is 19.9. The summed E-state index contributed by atoms with van der Waals surface area (Å²) in [5.74, 6) is -9.30. The van der Waals surface area contributed by atoms with Gasteiger partial charge in [0.15, 0.2) is 17.3 Å². The van der Waals surface area contributed by atoms with Crippen molar-refractivity contribution in [1.29, 1.82) is 0 Å². The van der Waals surface area contributed by atoms with Crippen molar-refractivity contribution in [2.75, 3.05) is 18.8 Å². The Labute approximate surface area is 213 Å². The van der Waals surface area contributed by atoms with E-state index < -0.39 is 40.6 Å². The van der Waals surface area contributed by atoms with Gasteiger partial charge in [0.25, 0.3) is 0 Å². The number of hydrogen-bond donors (Lipinski definition) is 1. The molecule has 4 aromatic rings. The first kappa shape index (κ1) is 25.2. The highest BCUT2D eigenvalue weighted by molar-refractivity contribution is 5.98. The fraction of sp³-hybridized carbons (Fsp3) is 0.192. The number of aromatic nitrogens is 4.